The van der Waals surface area contributed by atoms with Gasteiger partial charge >= 0.3 is 5.97 Å². The van der Waals surface area contributed by atoms with Crippen LogP contribution in [0, 0.1) is 5.82 Å². The van der Waals surface area contributed by atoms with Crippen molar-refractivity contribution >= 4 is 11.9 Å². The molecule has 0 radical (unpaired) electrons. The number of carboxylic acids is 1. The maximum Gasteiger partial charge on any atom is 0.320 e. The van der Waals surface area contributed by atoms with E-state index in [1.165, 1.54) is 12.1 Å². The summed E-state index contributed by atoms with van der Waals surface area (Å²) in [7, 11) is 0. The molecule has 1 amide bonds. The molecular formula is C13H15FN2O3. The number of nitrogens with one attached hydrogen (secondary N) is 1. The average Bonchev–Trinajstić information content (AvgIpc) is 2.37. The predicted molar refractivity (Wildman–Crippen MR) is 67.6 cm³/mol. The van der Waals surface area contributed by atoms with Gasteiger partial charge in [0.25, 0.3) is 0 Å². The lowest BCUT2D eigenvalue weighted by Gasteiger charge is -2.10. The lowest BCUT2D eigenvalue weighted by Crippen LogP contribution is -2.33. The number of halogens is 1. The number of nitrogens with two attached hydrogens (primary N) is 1. The Hall–Kier alpha value is -2.21. The highest BCUT2D eigenvalue weighted by molar-refractivity contribution is 5.93. The molecule has 0 bridgehead atoms. The third-order valence-corrected chi connectivity index (χ3v) is 2.47. The zero-order valence-electron chi connectivity index (χ0n) is 10.2. The van der Waals surface area contributed by atoms with Gasteiger partial charge in [-0.25, -0.2) is 4.39 Å². The van der Waals surface area contributed by atoms with Crippen molar-refractivity contribution in [3.05, 3.63) is 47.8 Å². The Balaban J connectivity index is 2.44. The van der Waals surface area contributed by atoms with Crippen LogP contribution < -0.4 is 11.1 Å². The van der Waals surface area contributed by atoms with Crippen molar-refractivity contribution in [1.29, 1.82) is 0 Å². The van der Waals surface area contributed by atoms with Gasteiger partial charge in [0.2, 0.25) is 5.91 Å². The molecule has 5 nitrogen and oxygen atoms in total. The first kappa shape index (κ1) is 14.8. The van der Waals surface area contributed by atoms with Crippen molar-refractivity contribution in [3.8, 4) is 0 Å². The van der Waals surface area contributed by atoms with Crippen LogP contribution in [0.5, 0.6) is 0 Å². The van der Waals surface area contributed by atoms with Gasteiger partial charge in [-0.3, -0.25) is 9.59 Å². The summed E-state index contributed by atoms with van der Waals surface area (Å²) in [5.74, 6) is -2.01. The van der Waals surface area contributed by atoms with E-state index in [-0.39, 0.29) is 24.4 Å². The first-order valence-electron chi connectivity index (χ1n) is 5.59. The molecule has 0 aliphatic rings. The van der Waals surface area contributed by atoms with Gasteiger partial charge in [0.1, 0.15) is 11.9 Å². The van der Waals surface area contributed by atoms with Crippen molar-refractivity contribution in [2.24, 2.45) is 5.73 Å². The van der Waals surface area contributed by atoms with Gasteiger partial charge in [-0.1, -0.05) is 18.7 Å². The number of benzene rings is 1. The van der Waals surface area contributed by atoms with E-state index in [4.69, 9.17) is 10.8 Å². The van der Waals surface area contributed by atoms with Crippen LogP contribution in [0.4, 0.5) is 4.39 Å². The van der Waals surface area contributed by atoms with Crippen LogP contribution >= 0.6 is 0 Å². The zero-order chi connectivity index (χ0) is 14.4. The Labute approximate surface area is 109 Å². The fraction of sp³-hybridized carbons (Fsp3) is 0.231. The second kappa shape index (κ2) is 6.65. The van der Waals surface area contributed by atoms with Crippen LogP contribution in [0.1, 0.15) is 12.0 Å². The fourth-order valence-corrected chi connectivity index (χ4v) is 1.36. The van der Waals surface area contributed by atoms with Gasteiger partial charge in [0.05, 0.1) is 0 Å². The van der Waals surface area contributed by atoms with E-state index in [0.717, 1.165) is 5.56 Å². The fourth-order valence-electron chi connectivity index (χ4n) is 1.36. The molecule has 102 valence electrons. The minimum atomic E-state index is -1.19. The Morgan fingerprint density at radius 1 is 1.37 bits per heavy atom. The molecule has 0 unspecified atom stereocenters. The normalized spacial score (nSPS) is 11.7. The van der Waals surface area contributed by atoms with E-state index in [9.17, 15) is 14.0 Å². The summed E-state index contributed by atoms with van der Waals surface area (Å²) in [5, 5.41) is 11.2. The monoisotopic (exact) mass is 266 g/mol. The topological polar surface area (TPSA) is 92.4 Å². The molecule has 1 aromatic rings. The number of hydrogen-bond acceptors (Lipinski definition) is 3. The van der Waals surface area contributed by atoms with Crippen LogP contribution in [-0.4, -0.2) is 23.0 Å². The summed E-state index contributed by atoms with van der Waals surface area (Å²) in [6.45, 7) is 3.70. The second-order valence-corrected chi connectivity index (χ2v) is 4.06. The molecule has 19 heavy (non-hydrogen) atoms. The third-order valence-electron chi connectivity index (χ3n) is 2.47. The van der Waals surface area contributed by atoms with Gasteiger partial charge in [0, 0.05) is 18.5 Å². The van der Waals surface area contributed by atoms with Gasteiger partial charge in [0.15, 0.2) is 0 Å². The largest absolute Gasteiger partial charge is 0.480 e. The van der Waals surface area contributed by atoms with Crippen LogP contribution in [0.15, 0.2) is 36.4 Å². The molecule has 0 saturated heterocycles. The van der Waals surface area contributed by atoms with Crippen molar-refractivity contribution in [2.45, 2.75) is 19.0 Å². The molecule has 0 aromatic heterocycles. The third kappa shape index (κ3) is 4.89. The second-order valence-electron chi connectivity index (χ2n) is 4.06. The molecule has 0 fully saturated rings. The van der Waals surface area contributed by atoms with Crippen molar-refractivity contribution in [2.75, 3.05) is 0 Å². The molecule has 6 heteroatoms. The average molecular weight is 266 g/mol. The Morgan fingerprint density at radius 3 is 2.47 bits per heavy atom. The number of carbonyl (C=O) groups excluding carboxylic acids is 1. The smallest absolute Gasteiger partial charge is 0.320 e. The van der Waals surface area contributed by atoms with E-state index < -0.39 is 17.9 Å². The standard InChI is InChI=1S/C13H15FN2O3/c1-8(6-11(15)13(18)19)12(17)16-7-9-2-4-10(14)5-3-9/h2-5,11H,1,6-7,15H2,(H,16,17)(H,18,19)/t11-/m0/s1. The highest BCUT2D eigenvalue weighted by atomic mass is 19.1. The quantitative estimate of drug-likeness (QED) is 0.664. The van der Waals surface area contributed by atoms with Crippen LogP contribution in [0.2, 0.25) is 0 Å². The molecule has 1 rings (SSSR count). The number of hydrogen-bond donors (Lipinski definition) is 3. The minimum absolute atomic E-state index is 0.0945. The van der Waals surface area contributed by atoms with Crippen LogP contribution in [0.3, 0.4) is 0 Å². The highest BCUT2D eigenvalue weighted by Crippen LogP contribution is 2.05. The molecule has 1 aromatic carbocycles. The van der Waals surface area contributed by atoms with E-state index in [0.29, 0.717) is 0 Å². The van der Waals surface area contributed by atoms with E-state index in [2.05, 4.69) is 11.9 Å². The first-order valence-corrected chi connectivity index (χ1v) is 5.59. The molecule has 0 spiro atoms. The van der Waals surface area contributed by atoms with Crippen molar-refractivity contribution in [1.82, 2.24) is 5.32 Å². The zero-order valence-corrected chi connectivity index (χ0v) is 10.2. The van der Waals surface area contributed by atoms with E-state index in [1.54, 1.807) is 12.1 Å². The van der Waals surface area contributed by atoms with Gasteiger partial charge in [-0.05, 0) is 17.7 Å². The number of amides is 1. The van der Waals surface area contributed by atoms with Crippen LogP contribution in [0.25, 0.3) is 0 Å². The SMILES string of the molecule is C=C(C[C@H](N)C(=O)O)C(=O)NCc1ccc(F)cc1. The predicted octanol–water partition coefficient (Wildman–Crippen LogP) is 0.800. The molecular weight excluding hydrogens is 251 g/mol. The lowest BCUT2D eigenvalue weighted by molar-refractivity contribution is -0.138. The number of carbonyl (C=O) groups is 2. The van der Waals surface area contributed by atoms with E-state index in [1.807, 2.05) is 0 Å². The summed E-state index contributed by atoms with van der Waals surface area (Å²) < 4.78 is 12.7. The Kier molecular flexibility index (Phi) is 5.20. The number of aliphatic carboxylic acids is 1. The summed E-state index contributed by atoms with van der Waals surface area (Å²) in [5.41, 5.74) is 6.12. The molecule has 0 aliphatic carbocycles. The number of rotatable bonds is 6. The molecule has 0 aliphatic heterocycles. The Bertz CT molecular complexity index is 485. The van der Waals surface area contributed by atoms with Gasteiger partial charge < -0.3 is 16.2 Å². The maximum atomic E-state index is 12.7. The Morgan fingerprint density at radius 2 is 1.95 bits per heavy atom. The van der Waals surface area contributed by atoms with Gasteiger partial charge in [-0.2, -0.15) is 0 Å². The van der Waals surface area contributed by atoms with Crippen molar-refractivity contribution < 1.29 is 19.1 Å². The summed E-state index contributed by atoms with van der Waals surface area (Å²) in [6.07, 6.45) is -0.120. The van der Waals surface area contributed by atoms with Gasteiger partial charge in [-0.15, -0.1) is 0 Å². The summed E-state index contributed by atoms with van der Waals surface area (Å²) in [6, 6.07) is 4.51. The van der Waals surface area contributed by atoms with Crippen molar-refractivity contribution in [3.63, 3.8) is 0 Å². The molecule has 0 heterocycles. The summed E-state index contributed by atoms with van der Waals surface area (Å²) >= 11 is 0. The minimum Gasteiger partial charge on any atom is -0.480 e. The lowest BCUT2D eigenvalue weighted by atomic mass is 10.1. The molecule has 0 saturated carbocycles. The van der Waals surface area contributed by atoms with E-state index >= 15 is 0 Å². The first-order chi connectivity index (χ1) is 8.90. The highest BCUT2D eigenvalue weighted by Gasteiger charge is 2.16. The number of carboxylic acid groups (broad SMARTS) is 1. The molecule has 1 atom stereocenters. The maximum absolute atomic E-state index is 12.7. The molecule has 4 N–H and O–H groups in total. The summed E-state index contributed by atoms with van der Waals surface area (Å²) in [4.78, 5) is 22.1. The van der Waals surface area contributed by atoms with Crippen LogP contribution in [-0.2, 0) is 16.1 Å².